The Hall–Kier alpha value is 0.220. The molecule has 0 aliphatic rings. The van der Waals surface area contributed by atoms with Gasteiger partial charge in [-0.1, -0.05) is 25.7 Å². The molecule has 0 unspecified atom stereocenters. The molecular weight excluding hydrogens is 337 g/mol. The van der Waals surface area contributed by atoms with E-state index >= 15 is 0 Å². The summed E-state index contributed by atoms with van der Waals surface area (Å²) in [5, 5.41) is 8.80. The fourth-order valence-corrected chi connectivity index (χ4v) is 1.96. The lowest BCUT2D eigenvalue weighted by atomic mass is 10.1. The Labute approximate surface area is 147 Å². The van der Waals surface area contributed by atoms with Crippen LogP contribution in [0.2, 0.25) is 0 Å². The van der Waals surface area contributed by atoms with Crippen LogP contribution in [0.15, 0.2) is 0 Å². The van der Waals surface area contributed by atoms with Crippen molar-refractivity contribution in [2.75, 3.05) is 32.7 Å². The molecule has 0 saturated heterocycles. The Bertz CT molecular complexity index is 213. The number of nitrogens with zero attached hydrogens (tertiary/aromatic N) is 1. The van der Waals surface area contributed by atoms with Crippen molar-refractivity contribution in [3.8, 4) is 0 Å². The van der Waals surface area contributed by atoms with E-state index in [-0.39, 0.29) is 43.8 Å². The molecule has 0 spiro atoms. The smallest absolute Gasteiger partial charge is 0.317 e. The average molecular weight is 369 g/mol. The molecule has 8 heteroatoms. The molecule has 0 radical (unpaired) electrons. The Morgan fingerprint density at radius 1 is 0.762 bits per heavy atom. The highest BCUT2D eigenvalue weighted by Gasteiger charge is 2.08. The van der Waals surface area contributed by atoms with Crippen molar-refractivity contribution in [1.82, 2.24) is 4.90 Å². The summed E-state index contributed by atoms with van der Waals surface area (Å²) >= 11 is 0. The lowest BCUT2D eigenvalue weighted by Crippen LogP contribution is -2.32. The van der Waals surface area contributed by atoms with Crippen LogP contribution in [0.1, 0.15) is 44.9 Å². The van der Waals surface area contributed by atoms with E-state index in [9.17, 15) is 4.79 Å². The first-order valence-electron chi connectivity index (χ1n) is 7.05. The lowest BCUT2D eigenvalue weighted by Gasteiger charge is -2.19. The predicted molar refractivity (Wildman–Crippen MR) is 96.2 cm³/mol. The van der Waals surface area contributed by atoms with Gasteiger partial charge in [-0.3, -0.25) is 9.69 Å². The van der Waals surface area contributed by atoms with Crippen molar-refractivity contribution in [2.45, 2.75) is 44.9 Å². The van der Waals surface area contributed by atoms with Gasteiger partial charge in [-0.05, 0) is 45.4 Å². The van der Waals surface area contributed by atoms with E-state index in [1.165, 1.54) is 25.7 Å². The summed E-state index contributed by atoms with van der Waals surface area (Å²) in [7, 11) is 0. The maximum Gasteiger partial charge on any atom is 0.317 e. The van der Waals surface area contributed by atoms with Gasteiger partial charge in [-0.15, -0.1) is 37.2 Å². The number of rotatable bonds is 13. The van der Waals surface area contributed by atoms with Crippen LogP contribution in [0.25, 0.3) is 0 Å². The highest BCUT2D eigenvalue weighted by molar-refractivity contribution is 5.86. The Morgan fingerprint density at radius 2 is 1.19 bits per heavy atom. The topological polar surface area (TPSA) is 92.6 Å². The van der Waals surface area contributed by atoms with Crippen LogP contribution in [0.4, 0.5) is 0 Å². The van der Waals surface area contributed by atoms with Crippen LogP contribution in [-0.2, 0) is 4.79 Å². The first kappa shape index (κ1) is 29.3. The third-order valence-electron chi connectivity index (χ3n) is 2.97. The molecule has 0 aliphatic heterocycles. The number of unbranched alkanes of at least 4 members (excludes halogenated alkanes) is 5. The summed E-state index contributed by atoms with van der Waals surface area (Å²) in [5.74, 6) is -0.755. The van der Waals surface area contributed by atoms with E-state index in [0.29, 0.717) is 6.54 Å². The summed E-state index contributed by atoms with van der Waals surface area (Å²) < 4.78 is 0. The minimum Gasteiger partial charge on any atom is -0.480 e. The number of carboxylic acids is 1. The zero-order valence-corrected chi connectivity index (χ0v) is 15.1. The minimum atomic E-state index is -0.755. The second-order valence-electron chi connectivity index (χ2n) is 4.72. The van der Waals surface area contributed by atoms with Crippen LogP contribution in [-0.4, -0.2) is 48.7 Å². The van der Waals surface area contributed by atoms with Crippen LogP contribution in [0, 0.1) is 0 Å². The van der Waals surface area contributed by atoms with Crippen LogP contribution >= 0.6 is 37.2 Å². The van der Waals surface area contributed by atoms with Crippen molar-refractivity contribution in [3.63, 3.8) is 0 Å². The fourth-order valence-electron chi connectivity index (χ4n) is 1.96. The summed E-state index contributed by atoms with van der Waals surface area (Å²) in [6, 6.07) is 0. The number of carboxylic acid groups (broad SMARTS) is 1. The van der Waals surface area contributed by atoms with Gasteiger partial charge in [0.2, 0.25) is 0 Å². The number of hydrogen-bond acceptors (Lipinski definition) is 4. The molecule has 0 rings (SSSR count). The molecule has 21 heavy (non-hydrogen) atoms. The van der Waals surface area contributed by atoms with Crippen LogP contribution < -0.4 is 11.5 Å². The molecule has 0 aromatic heterocycles. The van der Waals surface area contributed by atoms with Gasteiger partial charge in [0.25, 0.3) is 0 Å². The van der Waals surface area contributed by atoms with Crippen molar-refractivity contribution in [2.24, 2.45) is 11.5 Å². The quantitative estimate of drug-likeness (QED) is 0.434. The zero-order chi connectivity index (χ0) is 13.6. The summed E-state index contributed by atoms with van der Waals surface area (Å²) in [5.41, 5.74) is 10.9. The van der Waals surface area contributed by atoms with Gasteiger partial charge in [-0.2, -0.15) is 0 Å². The lowest BCUT2D eigenvalue weighted by molar-refractivity contribution is -0.138. The Kier molecular flexibility index (Phi) is 31.3. The highest BCUT2D eigenvalue weighted by atomic mass is 35.5. The van der Waals surface area contributed by atoms with Gasteiger partial charge in [0, 0.05) is 0 Å². The Balaban J connectivity index is -0.000000482. The molecule has 0 atom stereocenters. The maximum atomic E-state index is 10.7. The molecule has 0 fully saturated rings. The summed E-state index contributed by atoms with van der Waals surface area (Å²) in [6.07, 6.45) is 7.88. The largest absolute Gasteiger partial charge is 0.480 e. The zero-order valence-electron chi connectivity index (χ0n) is 12.7. The van der Waals surface area contributed by atoms with E-state index in [1.54, 1.807) is 0 Å². The van der Waals surface area contributed by atoms with E-state index < -0.39 is 5.97 Å². The molecule has 5 nitrogen and oxygen atoms in total. The molecule has 5 N–H and O–H groups in total. The molecule has 0 aromatic rings. The van der Waals surface area contributed by atoms with Crippen molar-refractivity contribution < 1.29 is 9.90 Å². The SMILES string of the molecule is Cl.Cl.Cl.NCCCCCCCCN(CCCN)CC(=O)O. The second-order valence-corrected chi connectivity index (χ2v) is 4.72. The average Bonchev–Trinajstić information content (AvgIpc) is 2.34. The van der Waals surface area contributed by atoms with Gasteiger partial charge in [0.05, 0.1) is 6.54 Å². The monoisotopic (exact) mass is 367 g/mol. The molecule has 0 heterocycles. The van der Waals surface area contributed by atoms with Crippen LogP contribution in [0.5, 0.6) is 0 Å². The normalized spacial score (nSPS) is 9.48. The number of nitrogens with two attached hydrogens (primary N) is 2. The summed E-state index contributed by atoms with van der Waals surface area (Å²) in [4.78, 5) is 12.7. The highest BCUT2D eigenvalue weighted by Crippen LogP contribution is 2.06. The second kappa shape index (κ2) is 22.5. The van der Waals surface area contributed by atoms with Gasteiger partial charge < -0.3 is 16.6 Å². The van der Waals surface area contributed by atoms with Gasteiger partial charge in [0.1, 0.15) is 0 Å². The van der Waals surface area contributed by atoms with Gasteiger partial charge >= 0.3 is 5.97 Å². The van der Waals surface area contributed by atoms with Crippen molar-refractivity contribution in [3.05, 3.63) is 0 Å². The van der Waals surface area contributed by atoms with E-state index in [0.717, 1.165) is 38.9 Å². The van der Waals surface area contributed by atoms with Crippen LogP contribution in [0.3, 0.4) is 0 Å². The van der Waals surface area contributed by atoms with Crippen molar-refractivity contribution >= 4 is 43.2 Å². The summed E-state index contributed by atoms with van der Waals surface area (Å²) in [6.45, 7) is 3.19. The van der Waals surface area contributed by atoms with Gasteiger partial charge in [0.15, 0.2) is 0 Å². The van der Waals surface area contributed by atoms with E-state index in [2.05, 4.69) is 0 Å². The molecule has 0 saturated carbocycles. The molecule has 0 aliphatic carbocycles. The Morgan fingerprint density at radius 3 is 1.67 bits per heavy atom. The maximum absolute atomic E-state index is 10.7. The first-order chi connectivity index (χ1) is 8.70. The first-order valence-corrected chi connectivity index (χ1v) is 7.05. The minimum absolute atomic E-state index is 0. The standard InChI is InChI=1S/C13H29N3O2.3ClH/c14-8-5-3-1-2-4-6-10-16(11-7-9-15)12-13(17)18;;;/h1-12,14-15H2,(H,17,18);3*1H. The van der Waals surface area contributed by atoms with Crippen molar-refractivity contribution in [1.29, 1.82) is 0 Å². The number of hydrogen-bond donors (Lipinski definition) is 3. The fraction of sp³-hybridized carbons (Fsp3) is 0.923. The van der Waals surface area contributed by atoms with Gasteiger partial charge in [-0.25, -0.2) is 0 Å². The molecule has 132 valence electrons. The number of aliphatic carboxylic acids is 1. The predicted octanol–water partition coefficient (Wildman–Crippen LogP) is 2.29. The molecule has 0 bridgehead atoms. The number of carbonyl (C=O) groups is 1. The molecule has 0 aromatic carbocycles. The molecule has 0 amide bonds. The van der Waals surface area contributed by atoms with E-state index in [1.807, 2.05) is 4.90 Å². The van der Waals surface area contributed by atoms with E-state index in [4.69, 9.17) is 16.6 Å². The third-order valence-corrected chi connectivity index (χ3v) is 2.97. The molecular formula is C13H32Cl3N3O2. The third kappa shape index (κ3) is 22.6. The number of halogens is 3.